The van der Waals surface area contributed by atoms with E-state index < -0.39 is 0 Å². The predicted molar refractivity (Wildman–Crippen MR) is 62.3 cm³/mol. The highest BCUT2D eigenvalue weighted by atomic mass is 19.1. The summed E-state index contributed by atoms with van der Waals surface area (Å²) in [6.07, 6.45) is 8.92. The first-order chi connectivity index (χ1) is 7.62. The van der Waals surface area contributed by atoms with Gasteiger partial charge in [-0.3, -0.25) is 4.98 Å². The van der Waals surface area contributed by atoms with Crippen molar-refractivity contribution in [3.05, 3.63) is 29.8 Å². The third-order valence-electron chi connectivity index (χ3n) is 3.83. The van der Waals surface area contributed by atoms with Gasteiger partial charge in [0.25, 0.3) is 0 Å². The lowest BCUT2D eigenvalue weighted by atomic mass is 9.69. The van der Waals surface area contributed by atoms with E-state index in [4.69, 9.17) is 5.73 Å². The fourth-order valence-electron chi connectivity index (χ4n) is 2.67. The van der Waals surface area contributed by atoms with Crippen molar-refractivity contribution in [3.8, 4) is 0 Å². The minimum atomic E-state index is -0.299. The molecule has 0 radical (unpaired) electrons. The van der Waals surface area contributed by atoms with E-state index in [1.165, 1.54) is 31.5 Å². The topological polar surface area (TPSA) is 38.9 Å². The molecular formula is C13H19FN2. The average Bonchev–Trinajstić information content (AvgIpc) is 2.29. The largest absolute Gasteiger partial charge is 0.323 e. The number of pyridine rings is 1. The smallest absolute Gasteiger partial charge is 0.141 e. The zero-order chi connectivity index (χ0) is 11.6. The molecule has 16 heavy (non-hydrogen) atoms. The van der Waals surface area contributed by atoms with Crippen molar-refractivity contribution in [2.75, 3.05) is 0 Å². The zero-order valence-electron chi connectivity index (χ0n) is 9.75. The fraction of sp³-hybridized carbons (Fsp3) is 0.615. The first-order valence-corrected chi connectivity index (χ1v) is 5.98. The standard InChI is InChI=1S/C13H19FN2/c1-13(5-3-2-4-6-13)12(15)10-7-11(14)9-16-8-10/h7-9,12H,2-6,15H2,1H3. The van der Waals surface area contributed by atoms with Crippen molar-refractivity contribution in [2.24, 2.45) is 11.1 Å². The molecule has 1 atom stereocenters. The van der Waals surface area contributed by atoms with Gasteiger partial charge in [0.2, 0.25) is 0 Å². The summed E-state index contributed by atoms with van der Waals surface area (Å²) < 4.78 is 13.1. The minimum Gasteiger partial charge on any atom is -0.323 e. The van der Waals surface area contributed by atoms with E-state index in [1.54, 1.807) is 6.20 Å². The van der Waals surface area contributed by atoms with Gasteiger partial charge in [-0.15, -0.1) is 0 Å². The van der Waals surface area contributed by atoms with Crippen LogP contribution >= 0.6 is 0 Å². The lowest BCUT2D eigenvalue weighted by molar-refractivity contribution is 0.170. The summed E-state index contributed by atoms with van der Waals surface area (Å²) in [4.78, 5) is 3.88. The van der Waals surface area contributed by atoms with Crippen molar-refractivity contribution in [3.63, 3.8) is 0 Å². The Bertz CT molecular complexity index is 359. The van der Waals surface area contributed by atoms with Crippen LogP contribution in [0.15, 0.2) is 18.5 Å². The van der Waals surface area contributed by atoms with Gasteiger partial charge in [0.15, 0.2) is 0 Å². The van der Waals surface area contributed by atoms with E-state index in [0.717, 1.165) is 18.4 Å². The molecule has 0 aliphatic heterocycles. The van der Waals surface area contributed by atoms with Crippen molar-refractivity contribution < 1.29 is 4.39 Å². The van der Waals surface area contributed by atoms with E-state index in [9.17, 15) is 4.39 Å². The van der Waals surface area contributed by atoms with E-state index >= 15 is 0 Å². The van der Waals surface area contributed by atoms with E-state index in [1.807, 2.05) is 0 Å². The highest BCUT2D eigenvalue weighted by molar-refractivity contribution is 5.17. The summed E-state index contributed by atoms with van der Waals surface area (Å²) in [5.41, 5.74) is 7.19. The van der Waals surface area contributed by atoms with Gasteiger partial charge in [0.1, 0.15) is 5.82 Å². The first kappa shape index (κ1) is 11.5. The lowest BCUT2D eigenvalue weighted by Gasteiger charge is -2.38. The molecule has 1 aliphatic rings. The quantitative estimate of drug-likeness (QED) is 0.834. The lowest BCUT2D eigenvalue weighted by Crippen LogP contribution is -2.34. The Morgan fingerprint density at radius 2 is 2.00 bits per heavy atom. The van der Waals surface area contributed by atoms with Crippen LogP contribution in [-0.2, 0) is 0 Å². The van der Waals surface area contributed by atoms with Crippen LogP contribution < -0.4 is 5.73 Å². The molecule has 3 heteroatoms. The van der Waals surface area contributed by atoms with Gasteiger partial charge in [-0.2, -0.15) is 0 Å². The molecular weight excluding hydrogens is 203 g/mol. The van der Waals surface area contributed by atoms with Crippen molar-refractivity contribution in [1.29, 1.82) is 0 Å². The molecule has 1 fully saturated rings. The number of rotatable bonds is 2. The minimum absolute atomic E-state index is 0.101. The first-order valence-electron chi connectivity index (χ1n) is 5.98. The summed E-state index contributed by atoms with van der Waals surface area (Å²) in [7, 11) is 0. The molecule has 0 spiro atoms. The van der Waals surface area contributed by atoms with Crippen molar-refractivity contribution >= 4 is 0 Å². The van der Waals surface area contributed by atoms with Gasteiger partial charge in [0.05, 0.1) is 6.20 Å². The Kier molecular flexibility index (Phi) is 3.24. The molecule has 1 unspecified atom stereocenters. The maximum atomic E-state index is 13.1. The molecule has 0 amide bonds. The number of nitrogens with two attached hydrogens (primary N) is 1. The summed E-state index contributed by atoms with van der Waals surface area (Å²) in [5.74, 6) is -0.299. The second-order valence-electron chi connectivity index (χ2n) is 5.13. The van der Waals surface area contributed by atoms with Crippen LogP contribution in [0.4, 0.5) is 4.39 Å². The molecule has 1 heterocycles. The molecule has 1 aliphatic carbocycles. The Hall–Kier alpha value is -0.960. The molecule has 0 saturated heterocycles. The third-order valence-corrected chi connectivity index (χ3v) is 3.83. The van der Waals surface area contributed by atoms with Crippen LogP contribution in [0.2, 0.25) is 0 Å². The van der Waals surface area contributed by atoms with Crippen LogP contribution in [0.3, 0.4) is 0 Å². The molecule has 1 aromatic heterocycles. The third kappa shape index (κ3) is 2.24. The van der Waals surface area contributed by atoms with Crippen LogP contribution in [-0.4, -0.2) is 4.98 Å². The molecule has 1 saturated carbocycles. The van der Waals surface area contributed by atoms with Gasteiger partial charge in [0, 0.05) is 12.2 Å². The van der Waals surface area contributed by atoms with Crippen LogP contribution in [0, 0.1) is 11.2 Å². The summed E-state index contributed by atoms with van der Waals surface area (Å²) in [6.45, 7) is 2.21. The number of halogens is 1. The van der Waals surface area contributed by atoms with Crippen LogP contribution in [0.25, 0.3) is 0 Å². The number of aromatic nitrogens is 1. The summed E-state index contributed by atoms with van der Waals surface area (Å²) in [6, 6.07) is 1.41. The maximum Gasteiger partial charge on any atom is 0.141 e. The fourth-order valence-corrected chi connectivity index (χ4v) is 2.67. The Labute approximate surface area is 96.1 Å². The van der Waals surface area contributed by atoms with Crippen molar-refractivity contribution in [2.45, 2.75) is 45.1 Å². The van der Waals surface area contributed by atoms with Gasteiger partial charge in [-0.05, 0) is 29.9 Å². The van der Waals surface area contributed by atoms with E-state index in [0.29, 0.717) is 0 Å². The molecule has 0 aromatic carbocycles. The number of hydrogen-bond acceptors (Lipinski definition) is 2. The number of hydrogen-bond donors (Lipinski definition) is 1. The summed E-state index contributed by atoms with van der Waals surface area (Å²) >= 11 is 0. The normalized spacial score (nSPS) is 21.7. The second kappa shape index (κ2) is 4.50. The zero-order valence-corrected chi connectivity index (χ0v) is 9.75. The molecule has 1 aromatic rings. The molecule has 2 nitrogen and oxygen atoms in total. The molecule has 88 valence electrons. The molecule has 2 rings (SSSR count). The van der Waals surface area contributed by atoms with Gasteiger partial charge < -0.3 is 5.73 Å². The SMILES string of the molecule is CC1(C(N)c2cncc(F)c2)CCCCC1. The monoisotopic (exact) mass is 222 g/mol. The summed E-state index contributed by atoms with van der Waals surface area (Å²) in [5, 5.41) is 0. The highest BCUT2D eigenvalue weighted by Gasteiger charge is 2.34. The highest BCUT2D eigenvalue weighted by Crippen LogP contribution is 2.44. The van der Waals surface area contributed by atoms with Gasteiger partial charge in [-0.25, -0.2) is 4.39 Å². The average molecular weight is 222 g/mol. The van der Waals surface area contributed by atoms with E-state index in [2.05, 4.69) is 11.9 Å². The van der Waals surface area contributed by atoms with Crippen LogP contribution in [0.5, 0.6) is 0 Å². The van der Waals surface area contributed by atoms with Gasteiger partial charge in [-0.1, -0.05) is 26.2 Å². The maximum absolute atomic E-state index is 13.1. The molecule has 0 bridgehead atoms. The Balaban J connectivity index is 2.20. The number of nitrogens with zero attached hydrogens (tertiary/aromatic N) is 1. The predicted octanol–water partition coefficient (Wildman–Crippen LogP) is 3.19. The molecule has 2 N–H and O–H groups in total. The second-order valence-corrected chi connectivity index (χ2v) is 5.13. The van der Waals surface area contributed by atoms with Gasteiger partial charge >= 0.3 is 0 Å². The van der Waals surface area contributed by atoms with Crippen molar-refractivity contribution in [1.82, 2.24) is 4.98 Å². The Morgan fingerprint density at radius 3 is 2.62 bits per heavy atom. The van der Waals surface area contributed by atoms with Crippen LogP contribution in [0.1, 0.15) is 50.6 Å². The van der Waals surface area contributed by atoms with E-state index in [-0.39, 0.29) is 17.3 Å². The Morgan fingerprint density at radius 1 is 1.31 bits per heavy atom.